The number of nitrogens with zero attached hydrogens (tertiary/aromatic N) is 4. The molecule has 0 amide bonds. The molecule has 2 aromatic carbocycles. The zero-order chi connectivity index (χ0) is 32.2. The lowest BCUT2D eigenvalue weighted by atomic mass is 9.81. The lowest BCUT2D eigenvalue weighted by Crippen LogP contribution is -2.29. The van der Waals surface area contributed by atoms with Crippen LogP contribution in [0.2, 0.25) is 10.0 Å². The molecule has 2 aliphatic rings. The van der Waals surface area contributed by atoms with Crippen molar-refractivity contribution in [3.05, 3.63) is 98.7 Å². The highest BCUT2D eigenvalue weighted by atomic mass is 79.9. The van der Waals surface area contributed by atoms with Crippen LogP contribution in [0, 0.1) is 0 Å². The van der Waals surface area contributed by atoms with E-state index >= 15 is 0 Å². The average molecular weight is 718 g/mol. The number of fused-ring (bicyclic) bond motifs is 2. The van der Waals surface area contributed by atoms with E-state index in [-0.39, 0.29) is 24.5 Å². The van der Waals surface area contributed by atoms with Gasteiger partial charge in [0.25, 0.3) is 0 Å². The van der Waals surface area contributed by atoms with Crippen LogP contribution in [0.25, 0.3) is 11.1 Å². The van der Waals surface area contributed by atoms with E-state index in [0.29, 0.717) is 31.1 Å². The third kappa shape index (κ3) is 8.88. The first kappa shape index (κ1) is 33.6. The van der Waals surface area contributed by atoms with E-state index in [2.05, 4.69) is 35.9 Å². The third-order valence-electron chi connectivity index (χ3n) is 6.01. The van der Waals surface area contributed by atoms with Gasteiger partial charge in [-0.15, -0.1) is 0 Å². The van der Waals surface area contributed by atoms with Crippen LogP contribution in [0.1, 0.15) is 11.1 Å². The standard InChI is InChI=1S/C14H8ClF3N2.C8H4BrF3N2.C6H6BClO2/c15-11-3-1-2-8(5-11)10-4-9-6-12(14(16,17)18)20-13(9)19-7-10;9-5-1-4-2-6(8(10,11)12)14-7(4)13-3-5;8-6-3-1-2-5(4-6)7(9)10/h1-5,7H,6H2;1,3H,2H2;1-4,9-10H. The predicted octanol–water partition coefficient (Wildman–Crippen LogP) is 7.65. The number of alkyl halides is 6. The monoisotopic (exact) mass is 716 g/mol. The number of pyridine rings is 2. The van der Waals surface area contributed by atoms with E-state index in [9.17, 15) is 26.3 Å². The molecule has 16 heteroatoms. The molecule has 4 aromatic rings. The molecule has 6 nitrogen and oxygen atoms in total. The van der Waals surface area contributed by atoms with E-state index in [4.69, 9.17) is 33.2 Å². The molecule has 0 atom stereocenters. The van der Waals surface area contributed by atoms with Gasteiger partial charge in [-0.05, 0) is 63.4 Å². The van der Waals surface area contributed by atoms with Gasteiger partial charge in [-0.25, -0.2) is 20.0 Å². The Hall–Kier alpha value is -3.30. The molecule has 4 heterocycles. The fourth-order valence-corrected chi connectivity index (χ4v) is 4.72. The minimum atomic E-state index is -4.41. The number of aliphatic imine (C=N–C) groups is 2. The summed E-state index contributed by atoms with van der Waals surface area (Å²) in [6, 6.07) is 16.8. The number of rotatable bonds is 2. The number of halogens is 9. The second-order valence-electron chi connectivity index (χ2n) is 9.25. The van der Waals surface area contributed by atoms with Crippen molar-refractivity contribution in [2.24, 2.45) is 9.98 Å². The molecular weight excluding hydrogens is 700 g/mol. The molecule has 0 bridgehead atoms. The van der Waals surface area contributed by atoms with Crippen LogP contribution in [0.3, 0.4) is 0 Å². The van der Waals surface area contributed by atoms with Gasteiger partial charge in [0, 0.05) is 56.4 Å². The van der Waals surface area contributed by atoms with Crippen LogP contribution in [-0.4, -0.2) is 50.9 Å². The van der Waals surface area contributed by atoms with Crippen molar-refractivity contribution in [3.8, 4) is 11.1 Å². The van der Waals surface area contributed by atoms with Gasteiger partial charge in [-0.3, -0.25) is 0 Å². The number of benzene rings is 2. The SMILES string of the molecule is FC(F)(F)C1=Nc2ncc(-c3cccc(Cl)c3)cc2C1.FC(F)(F)C1=Nc2ncc(Br)cc2C1.OB(O)c1cccc(Cl)c1. The molecule has 0 fully saturated rings. The lowest BCUT2D eigenvalue weighted by Gasteiger charge is -2.05. The Morgan fingerprint density at radius 2 is 1.20 bits per heavy atom. The van der Waals surface area contributed by atoms with Gasteiger partial charge in [-0.1, -0.05) is 47.5 Å². The summed E-state index contributed by atoms with van der Waals surface area (Å²) in [6.07, 6.45) is -6.25. The first-order chi connectivity index (χ1) is 20.6. The maximum Gasteiger partial charge on any atom is 0.488 e. The molecule has 6 rings (SSSR count). The molecule has 0 spiro atoms. The van der Waals surface area contributed by atoms with Crippen molar-refractivity contribution in [2.45, 2.75) is 25.2 Å². The van der Waals surface area contributed by atoms with Crippen molar-refractivity contribution >= 4 is 74.8 Å². The predicted molar refractivity (Wildman–Crippen MR) is 162 cm³/mol. The second-order valence-corrected chi connectivity index (χ2v) is 11.0. The molecule has 2 aromatic heterocycles. The average Bonchev–Trinajstić information content (AvgIpc) is 3.58. The Balaban J connectivity index is 0.000000161. The molecule has 44 heavy (non-hydrogen) atoms. The van der Waals surface area contributed by atoms with Gasteiger partial charge in [0.15, 0.2) is 11.6 Å². The van der Waals surface area contributed by atoms with Gasteiger partial charge in [0.05, 0.1) is 0 Å². The van der Waals surface area contributed by atoms with Crippen molar-refractivity contribution in [2.75, 3.05) is 0 Å². The van der Waals surface area contributed by atoms with Crippen LogP contribution in [0.4, 0.5) is 38.0 Å². The van der Waals surface area contributed by atoms with Gasteiger partial charge < -0.3 is 10.0 Å². The summed E-state index contributed by atoms with van der Waals surface area (Å²) in [6.45, 7) is 0. The van der Waals surface area contributed by atoms with Crippen molar-refractivity contribution < 1.29 is 36.4 Å². The van der Waals surface area contributed by atoms with Gasteiger partial charge in [0.1, 0.15) is 11.4 Å². The van der Waals surface area contributed by atoms with Gasteiger partial charge in [-0.2, -0.15) is 26.3 Å². The summed E-state index contributed by atoms with van der Waals surface area (Å²) in [5.41, 5.74) is 1.36. The minimum absolute atomic E-state index is 0.142. The zero-order valence-electron chi connectivity index (χ0n) is 22.0. The van der Waals surface area contributed by atoms with Gasteiger partial charge >= 0.3 is 19.5 Å². The lowest BCUT2D eigenvalue weighted by molar-refractivity contribution is -0.0605. The van der Waals surface area contributed by atoms with E-state index in [1.807, 2.05) is 6.07 Å². The third-order valence-corrected chi connectivity index (χ3v) is 6.91. The first-order valence-electron chi connectivity index (χ1n) is 12.4. The largest absolute Gasteiger partial charge is 0.488 e. The topological polar surface area (TPSA) is 91.0 Å². The fourth-order valence-electron chi connectivity index (χ4n) is 3.95. The molecule has 228 valence electrons. The zero-order valence-corrected chi connectivity index (χ0v) is 25.1. The summed E-state index contributed by atoms with van der Waals surface area (Å²) in [5, 5.41) is 18.4. The smallest absolute Gasteiger partial charge is 0.423 e. The minimum Gasteiger partial charge on any atom is -0.423 e. The van der Waals surface area contributed by atoms with E-state index in [0.717, 1.165) is 11.1 Å². The Bertz CT molecular complexity index is 1740. The summed E-state index contributed by atoms with van der Waals surface area (Å²) in [5.74, 6) is 0.309. The molecule has 0 unspecified atom stereocenters. The molecule has 2 N–H and O–H groups in total. The molecule has 0 aliphatic carbocycles. The highest BCUT2D eigenvalue weighted by molar-refractivity contribution is 9.10. The fraction of sp³-hybridized carbons (Fsp3) is 0.143. The Morgan fingerprint density at radius 3 is 1.70 bits per heavy atom. The van der Waals surface area contributed by atoms with Crippen LogP contribution in [0.15, 0.2) is 87.5 Å². The molecule has 2 aliphatic heterocycles. The Morgan fingerprint density at radius 1 is 0.682 bits per heavy atom. The number of hydrogen-bond donors (Lipinski definition) is 2. The second kappa shape index (κ2) is 13.8. The van der Waals surface area contributed by atoms with Crippen molar-refractivity contribution in [3.63, 3.8) is 0 Å². The molecular formula is C28H18BBrCl2F6N4O2. The normalized spacial score (nSPS) is 13.4. The van der Waals surface area contributed by atoms with Crippen LogP contribution < -0.4 is 5.46 Å². The van der Waals surface area contributed by atoms with Crippen LogP contribution in [-0.2, 0) is 12.8 Å². The van der Waals surface area contributed by atoms with E-state index in [1.165, 1.54) is 18.5 Å². The molecule has 0 radical (unpaired) electrons. The van der Waals surface area contributed by atoms with Crippen molar-refractivity contribution in [1.29, 1.82) is 0 Å². The summed E-state index contributed by atoms with van der Waals surface area (Å²) in [7, 11) is -1.43. The van der Waals surface area contributed by atoms with Crippen LogP contribution in [0.5, 0.6) is 0 Å². The quantitative estimate of drug-likeness (QED) is 0.165. The van der Waals surface area contributed by atoms with Crippen molar-refractivity contribution in [1.82, 2.24) is 9.97 Å². The highest BCUT2D eigenvalue weighted by Crippen LogP contribution is 2.35. The Labute approximate surface area is 265 Å². The summed E-state index contributed by atoms with van der Waals surface area (Å²) in [4.78, 5) is 14.7. The van der Waals surface area contributed by atoms with Gasteiger partial charge in [0.2, 0.25) is 0 Å². The summed E-state index contributed by atoms with van der Waals surface area (Å²) < 4.78 is 75.3. The maximum atomic E-state index is 12.6. The molecule has 0 saturated carbocycles. The Kier molecular flexibility index (Phi) is 10.5. The number of hydrogen-bond acceptors (Lipinski definition) is 6. The maximum absolute atomic E-state index is 12.6. The molecule has 0 saturated heterocycles. The van der Waals surface area contributed by atoms with E-state index in [1.54, 1.807) is 48.5 Å². The van der Waals surface area contributed by atoms with E-state index < -0.39 is 30.9 Å². The number of aromatic nitrogens is 2. The summed E-state index contributed by atoms with van der Waals surface area (Å²) >= 11 is 14.6. The highest BCUT2D eigenvalue weighted by Gasteiger charge is 2.39. The first-order valence-corrected chi connectivity index (χ1v) is 14.0. The van der Waals surface area contributed by atoms with Crippen LogP contribution >= 0.6 is 39.1 Å².